The van der Waals surface area contributed by atoms with Crippen molar-refractivity contribution in [2.24, 2.45) is 5.92 Å². The number of nitrogens with one attached hydrogen (secondary N) is 3. The Bertz CT molecular complexity index is 1370. The first-order valence-corrected chi connectivity index (χ1v) is 14.1. The first-order valence-electron chi connectivity index (χ1n) is 13.4. The zero-order chi connectivity index (χ0) is 27.0. The van der Waals surface area contributed by atoms with Gasteiger partial charge < -0.3 is 20.5 Å². The first-order chi connectivity index (χ1) is 19.0. The summed E-state index contributed by atoms with van der Waals surface area (Å²) < 4.78 is 1.92. The third-order valence-corrected chi connectivity index (χ3v) is 7.45. The number of halogens is 2. The minimum Gasteiger partial charge on any atom is -0.358 e. The average molecular weight is 564 g/mol. The Morgan fingerprint density at radius 1 is 0.923 bits per heavy atom. The van der Waals surface area contributed by atoms with Crippen molar-refractivity contribution in [3.8, 4) is 5.82 Å². The van der Waals surface area contributed by atoms with Gasteiger partial charge >= 0.3 is 0 Å². The third kappa shape index (κ3) is 7.74. The van der Waals surface area contributed by atoms with Crippen LogP contribution in [0.25, 0.3) is 5.82 Å². The van der Waals surface area contributed by atoms with E-state index in [1.165, 1.54) is 19.3 Å². The van der Waals surface area contributed by atoms with Crippen LogP contribution in [0.2, 0.25) is 10.0 Å². The lowest BCUT2D eigenvalue weighted by Crippen LogP contribution is -2.37. The van der Waals surface area contributed by atoms with Gasteiger partial charge in [0.15, 0.2) is 0 Å². The monoisotopic (exact) mass is 562 g/mol. The van der Waals surface area contributed by atoms with Crippen LogP contribution in [0.3, 0.4) is 0 Å². The molecule has 1 aliphatic carbocycles. The SMILES string of the molecule is O=C(Nc1ccc(Cl)cc1)[C@@H](CC1CCCCC1)Nc1cc(-n2cccc2)nc(NCc2cccc(Cl)c2)n1. The van der Waals surface area contributed by atoms with Gasteiger partial charge in [-0.3, -0.25) is 4.79 Å². The van der Waals surface area contributed by atoms with E-state index >= 15 is 0 Å². The Morgan fingerprint density at radius 3 is 2.44 bits per heavy atom. The standard InChI is InChI=1S/C30H32Cl2N6O/c31-23-11-13-25(14-12-23)34-29(39)26(18-21-7-2-1-3-8-21)35-27-19-28(38-15-4-5-16-38)37-30(36-27)33-20-22-9-6-10-24(32)17-22/h4-6,9-17,19,21,26H,1-3,7-8,18,20H2,(H,34,39)(H2,33,35,36,37)/t26-/m1/s1. The van der Waals surface area contributed by atoms with Crippen molar-refractivity contribution in [1.82, 2.24) is 14.5 Å². The second kappa shape index (κ2) is 13.0. The summed E-state index contributed by atoms with van der Waals surface area (Å²) in [6.45, 7) is 0.512. The number of benzene rings is 2. The molecule has 1 amide bonds. The molecule has 2 aromatic carbocycles. The molecule has 1 atom stereocenters. The molecule has 1 fully saturated rings. The summed E-state index contributed by atoms with van der Waals surface area (Å²) in [6, 6.07) is 20.1. The van der Waals surface area contributed by atoms with Crippen molar-refractivity contribution in [3.63, 3.8) is 0 Å². The fourth-order valence-electron chi connectivity index (χ4n) is 4.96. The van der Waals surface area contributed by atoms with E-state index in [2.05, 4.69) is 16.0 Å². The van der Waals surface area contributed by atoms with Crippen LogP contribution < -0.4 is 16.0 Å². The molecule has 7 nitrogen and oxygen atoms in total. The molecule has 0 aliphatic heterocycles. The minimum absolute atomic E-state index is 0.0996. The van der Waals surface area contributed by atoms with Crippen LogP contribution in [-0.4, -0.2) is 26.5 Å². The number of nitrogens with zero attached hydrogens (tertiary/aromatic N) is 3. The zero-order valence-corrected chi connectivity index (χ0v) is 23.1. The molecule has 2 aromatic heterocycles. The maximum Gasteiger partial charge on any atom is 0.246 e. The third-order valence-electron chi connectivity index (χ3n) is 6.97. The molecule has 9 heteroatoms. The molecular formula is C30H32Cl2N6O. The van der Waals surface area contributed by atoms with Crippen molar-refractivity contribution in [2.45, 2.75) is 51.1 Å². The van der Waals surface area contributed by atoms with Gasteiger partial charge in [0.2, 0.25) is 11.9 Å². The van der Waals surface area contributed by atoms with Crippen LogP contribution in [0.1, 0.15) is 44.1 Å². The lowest BCUT2D eigenvalue weighted by Gasteiger charge is -2.27. The van der Waals surface area contributed by atoms with E-state index in [0.29, 0.717) is 45.8 Å². The number of hydrogen-bond acceptors (Lipinski definition) is 5. The molecule has 0 unspecified atom stereocenters. The molecule has 4 aromatic rings. The molecule has 39 heavy (non-hydrogen) atoms. The van der Waals surface area contributed by atoms with Gasteiger partial charge in [-0.2, -0.15) is 9.97 Å². The average Bonchev–Trinajstić information content (AvgIpc) is 3.49. The molecule has 0 bridgehead atoms. The maximum absolute atomic E-state index is 13.5. The van der Waals surface area contributed by atoms with E-state index in [1.807, 2.05) is 71.6 Å². The van der Waals surface area contributed by atoms with Gasteiger partial charge in [0.1, 0.15) is 17.7 Å². The van der Waals surface area contributed by atoms with E-state index < -0.39 is 6.04 Å². The molecule has 0 saturated heterocycles. The number of rotatable bonds is 10. The van der Waals surface area contributed by atoms with E-state index in [1.54, 1.807) is 12.1 Å². The van der Waals surface area contributed by atoms with Gasteiger partial charge in [0, 0.05) is 40.7 Å². The highest BCUT2D eigenvalue weighted by atomic mass is 35.5. The molecule has 5 rings (SSSR count). The Hall–Kier alpha value is -3.55. The van der Waals surface area contributed by atoms with Crippen LogP contribution in [0.5, 0.6) is 0 Å². The highest BCUT2D eigenvalue weighted by molar-refractivity contribution is 6.30. The second-order valence-corrected chi connectivity index (χ2v) is 10.8. The van der Waals surface area contributed by atoms with E-state index in [4.69, 9.17) is 33.2 Å². The lowest BCUT2D eigenvalue weighted by molar-refractivity contribution is -0.117. The highest BCUT2D eigenvalue weighted by Gasteiger charge is 2.25. The Labute approximate surface area is 239 Å². The number of anilines is 3. The summed E-state index contributed by atoms with van der Waals surface area (Å²) in [5, 5.41) is 11.1. The molecular weight excluding hydrogens is 531 g/mol. The van der Waals surface area contributed by atoms with E-state index in [9.17, 15) is 4.79 Å². The van der Waals surface area contributed by atoms with E-state index in [0.717, 1.165) is 24.8 Å². The van der Waals surface area contributed by atoms with Gasteiger partial charge in [0.25, 0.3) is 0 Å². The van der Waals surface area contributed by atoms with Crippen molar-refractivity contribution in [1.29, 1.82) is 0 Å². The Balaban J connectivity index is 1.39. The van der Waals surface area contributed by atoms with Gasteiger partial charge in [-0.05, 0) is 66.4 Å². The van der Waals surface area contributed by atoms with Gasteiger partial charge in [-0.15, -0.1) is 0 Å². The maximum atomic E-state index is 13.5. The summed E-state index contributed by atoms with van der Waals surface area (Å²) in [5.41, 5.74) is 1.73. The molecule has 1 saturated carbocycles. The first kappa shape index (κ1) is 27.0. The quantitative estimate of drug-likeness (QED) is 0.185. The topological polar surface area (TPSA) is 83.9 Å². The summed E-state index contributed by atoms with van der Waals surface area (Å²) in [7, 11) is 0. The van der Waals surface area contributed by atoms with Crippen molar-refractivity contribution in [2.75, 3.05) is 16.0 Å². The van der Waals surface area contributed by atoms with Crippen LogP contribution >= 0.6 is 23.2 Å². The summed E-state index contributed by atoms with van der Waals surface area (Å²) in [4.78, 5) is 23.0. The van der Waals surface area contributed by atoms with Crippen molar-refractivity contribution >= 4 is 46.6 Å². The molecule has 3 N–H and O–H groups in total. The zero-order valence-electron chi connectivity index (χ0n) is 21.6. The van der Waals surface area contributed by atoms with E-state index in [-0.39, 0.29) is 5.91 Å². The minimum atomic E-state index is -0.461. The van der Waals surface area contributed by atoms with Crippen molar-refractivity contribution < 1.29 is 4.79 Å². The predicted molar refractivity (Wildman–Crippen MR) is 159 cm³/mol. The fraction of sp³-hybridized carbons (Fsp3) is 0.300. The van der Waals surface area contributed by atoms with Gasteiger partial charge in [-0.25, -0.2) is 0 Å². The second-order valence-electron chi connectivity index (χ2n) is 9.94. The molecule has 202 valence electrons. The molecule has 1 aliphatic rings. The smallest absolute Gasteiger partial charge is 0.246 e. The van der Waals surface area contributed by atoms with Crippen LogP contribution in [0.4, 0.5) is 17.5 Å². The molecule has 0 spiro atoms. The predicted octanol–water partition coefficient (Wildman–Crippen LogP) is 7.58. The normalized spacial score (nSPS) is 14.5. The lowest BCUT2D eigenvalue weighted by atomic mass is 9.84. The van der Waals surface area contributed by atoms with Crippen LogP contribution in [-0.2, 0) is 11.3 Å². The summed E-state index contributed by atoms with van der Waals surface area (Å²) in [5.74, 6) is 2.11. The van der Waals surface area contributed by atoms with Gasteiger partial charge in [0.05, 0.1) is 0 Å². The fourth-order valence-corrected chi connectivity index (χ4v) is 5.30. The Morgan fingerprint density at radius 2 is 1.69 bits per heavy atom. The number of carbonyl (C=O) groups is 1. The number of amides is 1. The van der Waals surface area contributed by atoms with Crippen LogP contribution in [0.15, 0.2) is 79.1 Å². The molecule has 0 radical (unpaired) electrons. The Kier molecular flexibility index (Phi) is 9.01. The van der Waals surface area contributed by atoms with Crippen molar-refractivity contribution in [3.05, 3.63) is 94.7 Å². The number of aromatic nitrogens is 3. The van der Waals surface area contributed by atoms with Crippen LogP contribution in [0, 0.1) is 5.92 Å². The summed E-state index contributed by atoms with van der Waals surface area (Å²) >= 11 is 12.2. The van der Waals surface area contributed by atoms with Gasteiger partial charge in [-0.1, -0.05) is 67.4 Å². The number of carbonyl (C=O) groups excluding carboxylic acids is 1. The molecule has 2 heterocycles. The largest absolute Gasteiger partial charge is 0.358 e. The number of hydrogen-bond donors (Lipinski definition) is 3. The highest BCUT2D eigenvalue weighted by Crippen LogP contribution is 2.29. The summed E-state index contributed by atoms with van der Waals surface area (Å²) in [6.07, 6.45) is 10.5.